The first kappa shape index (κ1) is 21.9. The second-order valence-electron chi connectivity index (χ2n) is 9.48. The average Bonchev–Trinajstić information content (AvgIpc) is 3.35. The van der Waals surface area contributed by atoms with Crippen molar-refractivity contribution in [2.45, 2.75) is 45.2 Å². The molecule has 2 aromatic rings. The van der Waals surface area contributed by atoms with Gasteiger partial charge in [0.15, 0.2) is 0 Å². The van der Waals surface area contributed by atoms with E-state index >= 15 is 0 Å². The van der Waals surface area contributed by atoms with Gasteiger partial charge in [-0.25, -0.2) is 0 Å². The number of nitrogens with zero attached hydrogens (tertiary/aromatic N) is 2. The van der Waals surface area contributed by atoms with Crippen LogP contribution in [-0.2, 0) is 38.6 Å². The molecular formula is C25H30N4O4. The number of nitrogens with one attached hydrogen (secondary N) is 2. The highest BCUT2D eigenvalue weighted by Gasteiger charge is 2.33. The number of benzene rings is 1. The molecule has 33 heavy (non-hydrogen) atoms. The minimum atomic E-state index is -0.303. The highest BCUT2D eigenvalue weighted by molar-refractivity contribution is 6.03. The maximum Gasteiger partial charge on any atom is 0.232 e. The van der Waals surface area contributed by atoms with Gasteiger partial charge in [0.2, 0.25) is 17.7 Å². The van der Waals surface area contributed by atoms with E-state index in [1.165, 1.54) is 10.5 Å². The Bertz CT molecular complexity index is 1050. The summed E-state index contributed by atoms with van der Waals surface area (Å²) in [6.07, 6.45) is 3.39. The van der Waals surface area contributed by atoms with E-state index in [2.05, 4.69) is 21.3 Å². The fourth-order valence-corrected chi connectivity index (χ4v) is 5.00. The molecule has 4 heterocycles. The van der Waals surface area contributed by atoms with Crippen LogP contribution in [0, 0.1) is 5.92 Å². The molecule has 2 saturated heterocycles. The van der Waals surface area contributed by atoms with Gasteiger partial charge in [-0.15, -0.1) is 0 Å². The van der Waals surface area contributed by atoms with Gasteiger partial charge in [0.05, 0.1) is 25.7 Å². The van der Waals surface area contributed by atoms with Crippen LogP contribution in [0.1, 0.15) is 48.1 Å². The number of carbonyl (C=O) groups excluding carboxylic acids is 3. The van der Waals surface area contributed by atoms with Crippen LogP contribution in [0.15, 0.2) is 30.5 Å². The van der Waals surface area contributed by atoms with E-state index in [1.807, 2.05) is 31.3 Å². The van der Waals surface area contributed by atoms with E-state index in [-0.39, 0.29) is 36.1 Å². The SMILES string of the molecule is CC1CC(=O)N(Cc2ccc3c(c2)C(Cc2cc(CN4CCOCC4)c[nH]2)C(=O)N3)C(=O)C1. The van der Waals surface area contributed by atoms with Crippen LogP contribution in [0.2, 0.25) is 0 Å². The molecule has 0 radical (unpaired) electrons. The third kappa shape index (κ3) is 4.72. The Hall–Kier alpha value is -2.97. The molecule has 174 valence electrons. The Morgan fingerprint density at radius 3 is 2.52 bits per heavy atom. The summed E-state index contributed by atoms with van der Waals surface area (Å²) in [5.74, 6) is -0.470. The molecule has 2 fully saturated rings. The highest BCUT2D eigenvalue weighted by atomic mass is 16.5. The number of rotatable bonds is 6. The normalized spacial score (nSPS) is 22.0. The number of carbonyl (C=O) groups is 3. The van der Waals surface area contributed by atoms with E-state index in [9.17, 15) is 14.4 Å². The Kier molecular flexibility index (Phi) is 6.03. The van der Waals surface area contributed by atoms with Crippen LogP contribution in [-0.4, -0.2) is 58.8 Å². The third-order valence-electron chi connectivity index (χ3n) is 6.79. The number of anilines is 1. The van der Waals surface area contributed by atoms with Gasteiger partial charge >= 0.3 is 0 Å². The van der Waals surface area contributed by atoms with Crippen LogP contribution in [0.25, 0.3) is 0 Å². The van der Waals surface area contributed by atoms with Crippen molar-refractivity contribution in [2.75, 3.05) is 31.6 Å². The fourth-order valence-electron chi connectivity index (χ4n) is 5.00. The number of aromatic amines is 1. The summed E-state index contributed by atoms with van der Waals surface area (Å²) in [6, 6.07) is 7.86. The van der Waals surface area contributed by atoms with E-state index in [1.54, 1.807) is 0 Å². The van der Waals surface area contributed by atoms with Gasteiger partial charge in [0, 0.05) is 56.5 Å². The van der Waals surface area contributed by atoms with Gasteiger partial charge < -0.3 is 15.0 Å². The summed E-state index contributed by atoms with van der Waals surface area (Å²) in [6.45, 7) is 6.46. The zero-order valence-corrected chi connectivity index (χ0v) is 18.9. The number of likely N-dealkylation sites (tertiary alicyclic amines) is 1. The van der Waals surface area contributed by atoms with E-state index in [0.29, 0.717) is 19.3 Å². The molecular weight excluding hydrogens is 420 g/mol. The molecule has 8 nitrogen and oxygen atoms in total. The van der Waals surface area contributed by atoms with Crippen LogP contribution >= 0.6 is 0 Å². The lowest BCUT2D eigenvalue weighted by molar-refractivity contribution is -0.150. The van der Waals surface area contributed by atoms with Gasteiger partial charge in [-0.1, -0.05) is 19.1 Å². The molecule has 5 rings (SSSR count). The molecule has 3 amide bonds. The van der Waals surface area contributed by atoms with Crippen molar-refractivity contribution in [3.05, 3.63) is 52.8 Å². The van der Waals surface area contributed by atoms with Crippen molar-refractivity contribution in [2.24, 2.45) is 5.92 Å². The van der Waals surface area contributed by atoms with Crippen molar-refractivity contribution in [1.29, 1.82) is 0 Å². The van der Waals surface area contributed by atoms with Crippen molar-refractivity contribution in [3.63, 3.8) is 0 Å². The molecule has 3 aliphatic heterocycles. The summed E-state index contributed by atoms with van der Waals surface area (Å²) in [5, 5.41) is 2.97. The smallest absolute Gasteiger partial charge is 0.232 e. The maximum absolute atomic E-state index is 12.7. The second kappa shape index (κ2) is 9.11. The molecule has 0 aliphatic carbocycles. The van der Waals surface area contributed by atoms with Crippen molar-refractivity contribution >= 4 is 23.4 Å². The average molecular weight is 451 g/mol. The van der Waals surface area contributed by atoms with Gasteiger partial charge in [0.25, 0.3) is 0 Å². The Morgan fingerprint density at radius 1 is 1.00 bits per heavy atom. The first-order valence-electron chi connectivity index (χ1n) is 11.7. The van der Waals surface area contributed by atoms with Crippen LogP contribution < -0.4 is 5.32 Å². The minimum absolute atomic E-state index is 0.0228. The Labute approximate surface area is 193 Å². The summed E-state index contributed by atoms with van der Waals surface area (Å²) in [7, 11) is 0. The molecule has 1 atom stereocenters. The number of morpholine rings is 1. The molecule has 1 unspecified atom stereocenters. The molecule has 0 bridgehead atoms. The third-order valence-corrected chi connectivity index (χ3v) is 6.79. The predicted octanol–water partition coefficient (Wildman–Crippen LogP) is 2.41. The lowest BCUT2D eigenvalue weighted by Crippen LogP contribution is -2.42. The zero-order chi connectivity index (χ0) is 22.9. The quantitative estimate of drug-likeness (QED) is 0.659. The highest BCUT2D eigenvalue weighted by Crippen LogP contribution is 2.36. The summed E-state index contributed by atoms with van der Waals surface area (Å²) < 4.78 is 5.42. The van der Waals surface area contributed by atoms with Crippen molar-refractivity contribution in [1.82, 2.24) is 14.8 Å². The van der Waals surface area contributed by atoms with E-state index in [0.717, 1.165) is 55.4 Å². The predicted molar refractivity (Wildman–Crippen MR) is 122 cm³/mol. The van der Waals surface area contributed by atoms with Gasteiger partial charge in [-0.3, -0.25) is 24.2 Å². The second-order valence-corrected chi connectivity index (χ2v) is 9.48. The maximum atomic E-state index is 12.7. The molecule has 0 spiro atoms. The molecule has 1 aromatic carbocycles. The fraction of sp³-hybridized carbons (Fsp3) is 0.480. The van der Waals surface area contributed by atoms with Crippen LogP contribution in [0.3, 0.4) is 0 Å². The minimum Gasteiger partial charge on any atom is -0.379 e. The van der Waals surface area contributed by atoms with Crippen molar-refractivity contribution in [3.8, 4) is 0 Å². The number of piperidine rings is 1. The Morgan fingerprint density at radius 2 is 1.76 bits per heavy atom. The summed E-state index contributed by atoms with van der Waals surface area (Å²) in [5.41, 5.74) is 4.82. The lowest BCUT2D eigenvalue weighted by atomic mass is 9.93. The summed E-state index contributed by atoms with van der Waals surface area (Å²) in [4.78, 5) is 44.5. The topological polar surface area (TPSA) is 94.7 Å². The molecule has 2 N–H and O–H groups in total. The van der Waals surface area contributed by atoms with Gasteiger partial charge in [0.1, 0.15) is 0 Å². The largest absolute Gasteiger partial charge is 0.379 e. The van der Waals surface area contributed by atoms with Crippen LogP contribution in [0.4, 0.5) is 5.69 Å². The number of imide groups is 1. The molecule has 8 heteroatoms. The number of hydrogen-bond acceptors (Lipinski definition) is 5. The number of amides is 3. The molecule has 3 aliphatic rings. The van der Waals surface area contributed by atoms with Crippen molar-refractivity contribution < 1.29 is 19.1 Å². The summed E-state index contributed by atoms with van der Waals surface area (Å²) >= 11 is 0. The number of H-pyrrole nitrogens is 1. The first-order chi connectivity index (χ1) is 16.0. The number of fused-ring (bicyclic) bond motifs is 1. The lowest BCUT2D eigenvalue weighted by Gasteiger charge is -2.28. The van der Waals surface area contributed by atoms with E-state index < -0.39 is 0 Å². The standard InChI is InChI=1S/C25H30N4O4/c1-16-8-23(30)29(24(31)9-16)15-17-2-3-22-20(11-17)21(25(32)27-22)12-19-10-18(13-26-19)14-28-4-6-33-7-5-28/h2-3,10-11,13,16,21,26H,4-9,12,14-15H2,1H3,(H,27,32). The molecule has 1 aromatic heterocycles. The Balaban J connectivity index is 1.29. The number of ether oxygens (including phenoxy) is 1. The van der Waals surface area contributed by atoms with Gasteiger partial charge in [-0.05, 0) is 34.7 Å². The van der Waals surface area contributed by atoms with Gasteiger partial charge in [-0.2, -0.15) is 0 Å². The number of hydrogen-bond donors (Lipinski definition) is 2. The van der Waals surface area contributed by atoms with Crippen LogP contribution in [0.5, 0.6) is 0 Å². The zero-order valence-electron chi connectivity index (χ0n) is 18.9. The monoisotopic (exact) mass is 450 g/mol. The molecule has 0 saturated carbocycles. The van der Waals surface area contributed by atoms with E-state index in [4.69, 9.17) is 4.74 Å². The number of aromatic nitrogens is 1. The first-order valence-corrected chi connectivity index (χ1v) is 11.7.